The molecule has 3 rings (SSSR count). The Morgan fingerprint density at radius 1 is 1.32 bits per heavy atom. The third-order valence-corrected chi connectivity index (χ3v) is 4.30. The quantitative estimate of drug-likeness (QED) is 0.851. The van der Waals surface area contributed by atoms with E-state index >= 15 is 0 Å². The Morgan fingerprint density at radius 2 is 2.23 bits per heavy atom. The van der Waals surface area contributed by atoms with Crippen LogP contribution in [0.1, 0.15) is 16.6 Å². The van der Waals surface area contributed by atoms with Crippen LogP contribution in [0.4, 0.5) is 5.69 Å². The lowest BCUT2D eigenvalue weighted by molar-refractivity contribution is 0.112. The van der Waals surface area contributed by atoms with Gasteiger partial charge in [0.2, 0.25) is 0 Å². The Labute approximate surface area is 133 Å². The molecule has 5 heteroatoms. The van der Waals surface area contributed by atoms with E-state index in [1.165, 1.54) is 16.9 Å². The van der Waals surface area contributed by atoms with E-state index in [0.717, 1.165) is 28.3 Å². The zero-order chi connectivity index (χ0) is 15.4. The lowest BCUT2D eigenvalue weighted by atomic mass is 10.2. The van der Waals surface area contributed by atoms with Crippen molar-refractivity contribution >= 4 is 23.3 Å². The SMILES string of the molecule is CC1=CC=C(CNc2ccc(-c3ccc(C=O)s3)nc2)OC1. The number of ether oxygens (including phenoxy) is 1. The van der Waals surface area contributed by atoms with Gasteiger partial charge in [-0.15, -0.1) is 11.3 Å². The number of nitrogens with one attached hydrogen (secondary N) is 1. The molecule has 0 saturated carbocycles. The minimum absolute atomic E-state index is 0.638. The Hall–Kier alpha value is -2.40. The number of carbonyl (C=O) groups is 1. The smallest absolute Gasteiger partial charge is 0.160 e. The second-order valence-electron chi connectivity index (χ2n) is 5.04. The van der Waals surface area contributed by atoms with Gasteiger partial charge in [-0.2, -0.15) is 0 Å². The van der Waals surface area contributed by atoms with Crippen molar-refractivity contribution in [3.63, 3.8) is 0 Å². The van der Waals surface area contributed by atoms with Crippen LogP contribution >= 0.6 is 11.3 Å². The largest absolute Gasteiger partial charge is 0.492 e. The molecule has 0 aromatic carbocycles. The van der Waals surface area contributed by atoms with E-state index in [4.69, 9.17) is 4.74 Å². The molecule has 0 unspecified atom stereocenters. The molecule has 2 aromatic heterocycles. The highest BCUT2D eigenvalue weighted by molar-refractivity contribution is 7.17. The number of aldehydes is 1. The van der Waals surface area contributed by atoms with E-state index in [2.05, 4.69) is 16.4 Å². The first kappa shape index (κ1) is 14.5. The normalized spacial score (nSPS) is 13.9. The number of rotatable bonds is 5. The summed E-state index contributed by atoms with van der Waals surface area (Å²) < 4.78 is 5.60. The molecule has 4 nitrogen and oxygen atoms in total. The molecule has 0 atom stereocenters. The molecule has 0 aliphatic carbocycles. The number of allylic oxidation sites excluding steroid dienone is 2. The first-order valence-corrected chi connectivity index (χ1v) is 7.81. The molecule has 0 spiro atoms. The number of nitrogens with zero attached hydrogens (tertiary/aromatic N) is 1. The monoisotopic (exact) mass is 312 g/mol. The molecular weight excluding hydrogens is 296 g/mol. The molecule has 1 aliphatic rings. The van der Waals surface area contributed by atoms with Crippen molar-refractivity contribution < 1.29 is 9.53 Å². The van der Waals surface area contributed by atoms with Crippen LogP contribution in [0.2, 0.25) is 0 Å². The predicted octanol–water partition coefficient (Wildman–Crippen LogP) is 3.89. The van der Waals surface area contributed by atoms with E-state index < -0.39 is 0 Å². The average molecular weight is 312 g/mol. The van der Waals surface area contributed by atoms with Gasteiger partial charge in [-0.05, 0) is 42.8 Å². The van der Waals surface area contributed by atoms with Crippen molar-refractivity contribution in [3.8, 4) is 10.6 Å². The van der Waals surface area contributed by atoms with Crippen LogP contribution in [0.5, 0.6) is 0 Å². The first-order chi connectivity index (χ1) is 10.7. The molecule has 3 heterocycles. The van der Waals surface area contributed by atoms with Gasteiger partial charge in [0.25, 0.3) is 0 Å². The predicted molar refractivity (Wildman–Crippen MR) is 89.2 cm³/mol. The maximum atomic E-state index is 10.7. The maximum Gasteiger partial charge on any atom is 0.160 e. The third kappa shape index (κ3) is 3.43. The zero-order valence-electron chi connectivity index (χ0n) is 12.2. The summed E-state index contributed by atoms with van der Waals surface area (Å²) in [6.45, 7) is 3.34. The van der Waals surface area contributed by atoms with Crippen LogP contribution in [0, 0.1) is 0 Å². The van der Waals surface area contributed by atoms with Gasteiger partial charge in [-0.3, -0.25) is 9.78 Å². The van der Waals surface area contributed by atoms with Crippen molar-refractivity contribution in [2.45, 2.75) is 6.92 Å². The van der Waals surface area contributed by atoms with Crippen molar-refractivity contribution in [2.75, 3.05) is 18.5 Å². The zero-order valence-corrected chi connectivity index (χ0v) is 13.0. The molecule has 0 fully saturated rings. The van der Waals surface area contributed by atoms with Gasteiger partial charge in [0.05, 0.1) is 33.9 Å². The van der Waals surface area contributed by atoms with Crippen molar-refractivity contribution in [1.29, 1.82) is 0 Å². The maximum absolute atomic E-state index is 10.7. The van der Waals surface area contributed by atoms with Crippen LogP contribution in [0.25, 0.3) is 10.6 Å². The third-order valence-electron chi connectivity index (χ3n) is 3.26. The van der Waals surface area contributed by atoms with Gasteiger partial charge in [0, 0.05) is 0 Å². The molecule has 2 aromatic rings. The van der Waals surface area contributed by atoms with Gasteiger partial charge >= 0.3 is 0 Å². The van der Waals surface area contributed by atoms with Crippen LogP contribution in [0.3, 0.4) is 0 Å². The van der Waals surface area contributed by atoms with E-state index in [1.54, 1.807) is 6.20 Å². The summed E-state index contributed by atoms with van der Waals surface area (Å²) in [7, 11) is 0. The number of thiophene rings is 1. The van der Waals surface area contributed by atoms with Gasteiger partial charge in [0.1, 0.15) is 12.4 Å². The topological polar surface area (TPSA) is 51.2 Å². The number of carbonyl (C=O) groups excluding carboxylic acids is 1. The summed E-state index contributed by atoms with van der Waals surface area (Å²) in [4.78, 5) is 16.9. The van der Waals surface area contributed by atoms with Crippen LogP contribution in [0.15, 0.2) is 53.9 Å². The average Bonchev–Trinajstić information content (AvgIpc) is 3.04. The van der Waals surface area contributed by atoms with Crippen molar-refractivity contribution in [3.05, 3.63) is 58.8 Å². The molecular formula is C17H16N2O2S. The summed E-state index contributed by atoms with van der Waals surface area (Å²) in [6, 6.07) is 7.65. The Bertz CT molecular complexity index is 729. The fourth-order valence-electron chi connectivity index (χ4n) is 2.04. The van der Waals surface area contributed by atoms with E-state index in [9.17, 15) is 4.79 Å². The number of hydrogen-bond donors (Lipinski definition) is 1. The van der Waals surface area contributed by atoms with Crippen LogP contribution < -0.4 is 5.32 Å². The van der Waals surface area contributed by atoms with Gasteiger partial charge in [-0.25, -0.2) is 0 Å². The highest BCUT2D eigenvalue weighted by Gasteiger charge is 2.06. The minimum Gasteiger partial charge on any atom is -0.492 e. The van der Waals surface area contributed by atoms with Gasteiger partial charge < -0.3 is 10.1 Å². The summed E-state index contributed by atoms with van der Waals surface area (Å²) in [5.74, 6) is 0.920. The molecule has 0 saturated heterocycles. The summed E-state index contributed by atoms with van der Waals surface area (Å²) in [5, 5.41) is 3.29. The molecule has 0 bridgehead atoms. The molecule has 0 radical (unpaired) electrons. The lowest BCUT2D eigenvalue weighted by Crippen LogP contribution is -2.11. The molecule has 22 heavy (non-hydrogen) atoms. The van der Waals surface area contributed by atoms with E-state index in [-0.39, 0.29) is 0 Å². The van der Waals surface area contributed by atoms with Crippen LogP contribution in [-0.2, 0) is 4.74 Å². The van der Waals surface area contributed by atoms with Crippen molar-refractivity contribution in [2.24, 2.45) is 0 Å². The summed E-state index contributed by atoms with van der Waals surface area (Å²) >= 11 is 1.44. The number of pyridine rings is 1. The molecule has 0 amide bonds. The lowest BCUT2D eigenvalue weighted by Gasteiger charge is -2.15. The van der Waals surface area contributed by atoms with Crippen LogP contribution in [-0.4, -0.2) is 24.4 Å². The highest BCUT2D eigenvalue weighted by Crippen LogP contribution is 2.26. The molecule has 112 valence electrons. The molecule has 1 N–H and O–H groups in total. The second kappa shape index (κ2) is 6.58. The standard InChI is InChI=1S/C17H16N2O2S/c1-12-2-4-14(21-11-12)9-18-13-3-6-16(19-8-13)17-7-5-15(10-20)22-17/h2-8,10,18H,9,11H2,1H3. The number of hydrogen-bond acceptors (Lipinski definition) is 5. The summed E-state index contributed by atoms with van der Waals surface area (Å²) in [5.41, 5.74) is 3.03. The summed E-state index contributed by atoms with van der Waals surface area (Å²) in [6.07, 6.45) is 6.71. The fraction of sp³-hybridized carbons (Fsp3) is 0.176. The molecule has 1 aliphatic heterocycles. The van der Waals surface area contributed by atoms with Gasteiger partial charge in [-0.1, -0.05) is 6.08 Å². The van der Waals surface area contributed by atoms with Gasteiger partial charge in [0.15, 0.2) is 6.29 Å². The Morgan fingerprint density at radius 3 is 2.86 bits per heavy atom. The van der Waals surface area contributed by atoms with E-state index in [0.29, 0.717) is 18.0 Å². The Balaban J connectivity index is 1.63. The minimum atomic E-state index is 0.638. The second-order valence-corrected chi connectivity index (χ2v) is 6.16. The van der Waals surface area contributed by atoms with Crippen molar-refractivity contribution in [1.82, 2.24) is 4.98 Å². The number of aromatic nitrogens is 1. The Kier molecular flexibility index (Phi) is 4.34. The van der Waals surface area contributed by atoms with E-state index in [1.807, 2.05) is 37.3 Å². The first-order valence-electron chi connectivity index (χ1n) is 6.99. The highest BCUT2D eigenvalue weighted by atomic mass is 32.1. The number of anilines is 1. The fourth-order valence-corrected chi connectivity index (χ4v) is 2.83.